The van der Waals surface area contributed by atoms with E-state index >= 15 is 0 Å². The minimum atomic E-state index is -3.90. The highest BCUT2D eigenvalue weighted by atomic mass is 19.3. The Kier molecular flexibility index (Phi) is 5.11. The van der Waals surface area contributed by atoms with Gasteiger partial charge in [0.05, 0.1) is 12.2 Å². The summed E-state index contributed by atoms with van der Waals surface area (Å²) in [4.78, 5) is 23.8. The Hall–Kier alpha value is -2.18. The highest BCUT2D eigenvalue weighted by molar-refractivity contribution is 5.91. The van der Waals surface area contributed by atoms with Crippen LogP contribution in [0.5, 0.6) is 5.75 Å². The first-order chi connectivity index (χ1) is 10.1. The van der Waals surface area contributed by atoms with E-state index < -0.39 is 28.9 Å². The number of carboxylic acid groups (broad SMARTS) is 1. The summed E-state index contributed by atoms with van der Waals surface area (Å²) in [7, 11) is 1.04. The third-order valence-corrected chi connectivity index (χ3v) is 3.46. The van der Waals surface area contributed by atoms with E-state index in [1.54, 1.807) is 6.92 Å². The summed E-state index contributed by atoms with van der Waals surface area (Å²) in [5.74, 6) is -6.98. The van der Waals surface area contributed by atoms with Crippen molar-refractivity contribution in [3.8, 4) is 5.75 Å². The molecule has 0 saturated heterocycles. The molecule has 0 unspecified atom stereocenters. The Balaban J connectivity index is 3.24. The molecule has 0 spiro atoms. The molecular weight excluding hydrogens is 296 g/mol. The molecule has 7 heteroatoms. The average molecular weight is 315 g/mol. The van der Waals surface area contributed by atoms with Crippen molar-refractivity contribution in [2.75, 3.05) is 13.7 Å². The Labute approximate surface area is 127 Å². The van der Waals surface area contributed by atoms with Gasteiger partial charge < -0.3 is 14.7 Å². The van der Waals surface area contributed by atoms with Crippen molar-refractivity contribution in [1.29, 1.82) is 0 Å². The molecule has 5 nitrogen and oxygen atoms in total. The molecule has 0 aliphatic heterocycles. The molecule has 1 amide bonds. The van der Waals surface area contributed by atoms with Crippen LogP contribution in [0.1, 0.15) is 26.3 Å². The lowest BCUT2D eigenvalue weighted by Gasteiger charge is -2.34. The van der Waals surface area contributed by atoms with Gasteiger partial charge in [-0.1, -0.05) is 12.1 Å². The van der Waals surface area contributed by atoms with Gasteiger partial charge in [-0.3, -0.25) is 4.79 Å². The molecule has 0 aliphatic rings. The number of amides is 1. The third kappa shape index (κ3) is 3.18. The van der Waals surface area contributed by atoms with E-state index in [1.165, 1.54) is 32.0 Å². The number of hydrogen-bond donors (Lipinski definition) is 1. The lowest BCUT2D eigenvalue weighted by molar-refractivity contribution is -0.170. The second-order valence-corrected chi connectivity index (χ2v) is 5.23. The number of aliphatic carboxylic acids is 1. The van der Waals surface area contributed by atoms with E-state index in [-0.39, 0.29) is 12.4 Å². The molecule has 0 bridgehead atoms. The van der Waals surface area contributed by atoms with E-state index in [0.717, 1.165) is 13.1 Å². The van der Waals surface area contributed by atoms with Crippen molar-refractivity contribution < 1.29 is 28.2 Å². The molecule has 0 radical (unpaired) electrons. The van der Waals surface area contributed by atoms with Crippen LogP contribution in [0.3, 0.4) is 0 Å². The fraction of sp³-hybridized carbons (Fsp3) is 0.467. The van der Waals surface area contributed by atoms with Crippen LogP contribution < -0.4 is 4.74 Å². The summed E-state index contributed by atoms with van der Waals surface area (Å²) in [6, 6.07) is 5.30. The van der Waals surface area contributed by atoms with Crippen molar-refractivity contribution in [2.24, 2.45) is 0 Å². The molecule has 1 aromatic carbocycles. The van der Waals surface area contributed by atoms with E-state index in [9.17, 15) is 18.4 Å². The normalized spacial score (nSPS) is 11.9. The van der Waals surface area contributed by atoms with Crippen molar-refractivity contribution >= 4 is 11.9 Å². The van der Waals surface area contributed by atoms with E-state index in [1.807, 2.05) is 0 Å². The van der Waals surface area contributed by atoms with Crippen LogP contribution in [-0.2, 0) is 15.5 Å². The summed E-state index contributed by atoms with van der Waals surface area (Å²) in [6.45, 7) is 4.16. The highest BCUT2D eigenvalue weighted by Gasteiger charge is 2.49. The van der Waals surface area contributed by atoms with Gasteiger partial charge in [0.1, 0.15) is 11.3 Å². The fourth-order valence-electron chi connectivity index (χ4n) is 1.73. The predicted molar refractivity (Wildman–Crippen MR) is 76.0 cm³/mol. The zero-order valence-corrected chi connectivity index (χ0v) is 12.9. The lowest BCUT2D eigenvalue weighted by Crippen LogP contribution is -2.54. The standard InChI is InChI=1S/C15H19F2NO4/c1-5-22-11-9-7-6-8-10(11)15(16,17)12(19)18(4)14(2,3)13(20)21/h6-9H,5H2,1-4H3,(H,20,21). The Morgan fingerprint density at radius 3 is 2.32 bits per heavy atom. The molecule has 0 heterocycles. The Morgan fingerprint density at radius 2 is 1.82 bits per heavy atom. The van der Waals surface area contributed by atoms with Gasteiger partial charge in [0.2, 0.25) is 0 Å². The monoisotopic (exact) mass is 315 g/mol. The zero-order valence-electron chi connectivity index (χ0n) is 12.9. The molecule has 0 aromatic heterocycles. The number of benzene rings is 1. The molecule has 0 atom stereocenters. The van der Waals surface area contributed by atoms with Crippen LogP contribution in [0, 0.1) is 0 Å². The quantitative estimate of drug-likeness (QED) is 0.876. The summed E-state index contributed by atoms with van der Waals surface area (Å²) in [6.07, 6.45) is 0. The van der Waals surface area contributed by atoms with Gasteiger partial charge >= 0.3 is 11.9 Å². The van der Waals surface area contributed by atoms with Gasteiger partial charge in [0.25, 0.3) is 5.91 Å². The van der Waals surface area contributed by atoms with Gasteiger partial charge in [-0.15, -0.1) is 0 Å². The topological polar surface area (TPSA) is 66.8 Å². The number of rotatable bonds is 6. The number of para-hydroxylation sites is 1. The molecule has 1 rings (SSSR count). The van der Waals surface area contributed by atoms with Crippen molar-refractivity contribution in [3.05, 3.63) is 29.8 Å². The summed E-state index contributed by atoms with van der Waals surface area (Å²) in [5.41, 5.74) is -2.35. The molecule has 22 heavy (non-hydrogen) atoms. The molecular formula is C15H19F2NO4. The Morgan fingerprint density at radius 1 is 1.27 bits per heavy atom. The maximum Gasteiger partial charge on any atom is 0.353 e. The zero-order chi connectivity index (χ0) is 17.1. The number of nitrogens with zero attached hydrogens (tertiary/aromatic N) is 1. The van der Waals surface area contributed by atoms with E-state index in [2.05, 4.69) is 0 Å². The van der Waals surface area contributed by atoms with Gasteiger partial charge in [-0.25, -0.2) is 4.79 Å². The smallest absolute Gasteiger partial charge is 0.353 e. The first-order valence-corrected chi connectivity index (χ1v) is 6.68. The van der Waals surface area contributed by atoms with E-state index in [0.29, 0.717) is 4.90 Å². The fourth-order valence-corrected chi connectivity index (χ4v) is 1.73. The first-order valence-electron chi connectivity index (χ1n) is 6.68. The molecule has 0 fully saturated rings. The average Bonchev–Trinajstić information content (AvgIpc) is 2.46. The van der Waals surface area contributed by atoms with Crippen molar-refractivity contribution in [2.45, 2.75) is 32.2 Å². The molecule has 0 aliphatic carbocycles. The third-order valence-electron chi connectivity index (χ3n) is 3.46. The van der Waals surface area contributed by atoms with Crippen molar-refractivity contribution in [1.82, 2.24) is 4.90 Å². The molecule has 1 aromatic rings. The second kappa shape index (κ2) is 6.29. The number of likely N-dealkylation sites (N-methyl/N-ethyl adjacent to an activating group) is 1. The maximum absolute atomic E-state index is 14.5. The first kappa shape index (κ1) is 17.9. The van der Waals surface area contributed by atoms with Crippen LogP contribution >= 0.6 is 0 Å². The van der Waals surface area contributed by atoms with E-state index in [4.69, 9.17) is 9.84 Å². The predicted octanol–water partition coefficient (Wildman–Crippen LogP) is 2.50. The van der Waals surface area contributed by atoms with Gasteiger partial charge in [0, 0.05) is 7.05 Å². The number of alkyl halides is 2. The van der Waals surface area contributed by atoms with Crippen LogP contribution in [0.2, 0.25) is 0 Å². The lowest BCUT2D eigenvalue weighted by atomic mass is 10.00. The summed E-state index contributed by atoms with van der Waals surface area (Å²) in [5, 5.41) is 9.07. The highest BCUT2D eigenvalue weighted by Crippen LogP contribution is 2.37. The van der Waals surface area contributed by atoms with Gasteiger partial charge in [-0.2, -0.15) is 8.78 Å². The van der Waals surface area contributed by atoms with Crippen LogP contribution in [0.25, 0.3) is 0 Å². The summed E-state index contributed by atoms with van der Waals surface area (Å²) < 4.78 is 34.1. The van der Waals surface area contributed by atoms with Crippen LogP contribution in [0.4, 0.5) is 8.78 Å². The van der Waals surface area contributed by atoms with Crippen molar-refractivity contribution in [3.63, 3.8) is 0 Å². The van der Waals surface area contributed by atoms with Gasteiger partial charge in [0.15, 0.2) is 0 Å². The largest absolute Gasteiger partial charge is 0.493 e. The molecule has 1 N–H and O–H groups in total. The maximum atomic E-state index is 14.5. The van der Waals surface area contributed by atoms with Crippen LogP contribution in [0.15, 0.2) is 24.3 Å². The number of carbonyl (C=O) groups is 2. The number of carboxylic acids is 1. The minimum absolute atomic E-state index is 0.107. The number of ether oxygens (including phenoxy) is 1. The SMILES string of the molecule is CCOc1ccccc1C(F)(F)C(=O)N(C)C(C)(C)C(=O)O. The molecule has 122 valence electrons. The number of halogens is 2. The molecule has 0 saturated carbocycles. The Bertz CT molecular complexity index is 572. The minimum Gasteiger partial charge on any atom is -0.493 e. The summed E-state index contributed by atoms with van der Waals surface area (Å²) >= 11 is 0. The second-order valence-electron chi connectivity index (χ2n) is 5.23. The van der Waals surface area contributed by atoms with Crippen LogP contribution in [-0.4, -0.2) is 41.1 Å². The number of hydrogen-bond acceptors (Lipinski definition) is 3. The number of carbonyl (C=O) groups excluding carboxylic acids is 1. The van der Waals surface area contributed by atoms with Gasteiger partial charge in [-0.05, 0) is 32.9 Å².